The third-order valence-electron chi connectivity index (χ3n) is 1.83. The van der Waals surface area contributed by atoms with Gasteiger partial charge in [-0.25, -0.2) is 4.98 Å². The molecule has 0 aliphatic carbocycles. The number of aromatic nitrogens is 5. The molecule has 2 aromatic heterocycles. The summed E-state index contributed by atoms with van der Waals surface area (Å²) in [5, 5.41) is 10.0. The summed E-state index contributed by atoms with van der Waals surface area (Å²) in [5.74, 6) is 1.27. The van der Waals surface area contributed by atoms with Gasteiger partial charge < -0.3 is 10.3 Å². The molecule has 0 unspecified atom stereocenters. The monoisotopic (exact) mass is 194 g/mol. The fourth-order valence-electron chi connectivity index (χ4n) is 0.970. The molecule has 0 saturated carbocycles. The molecule has 0 fully saturated rings. The van der Waals surface area contributed by atoms with Crippen LogP contribution in [-0.4, -0.2) is 25.3 Å². The van der Waals surface area contributed by atoms with Crippen LogP contribution in [0.1, 0.15) is 25.3 Å². The standard InChI is InChI=1S/C7H10N6O/c1-2-4(8)7-11-6(13-14-7)5-9-3-10-12-5/h3-4H,2,8H2,1H3,(H,9,10,12)/t4-/m0/s1. The Morgan fingerprint density at radius 1 is 1.64 bits per heavy atom. The van der Waals surface area contributed by atoms with Crippen molar-refractivity contribution in [2.45, 2.75) is 19.4 Å². The second-order valence-corrected chi connectivity index (χ2v) is 2.81. The van der Waals surface area contributed by atoms with E-state index in [0.717, 1.165) is 6.42 Å². The van der Waals surface area contributed by atoms with Crippen molar-refractivity contribution in [2.75, 3.05) is 0 Å². The smallest absolute Gasteiger partial charge is 0.243 e. The van der Waals surface area contributed by atoms with Gasteiger partial charge in [-0.2, -0.15) is 10.1 Å². The first kappa shape index (κ1) is 8.82. The molecule has 0 spiro atoms. The molecule has 0 amide bonds. The summed E-state index contributed by atoms with van der Waals surface area (Å²) in [6.07, 6.45) is 2.13. The van der Waals surface area contributed by atoms with E-state index in [1.165, 1.54) is 6.33 Å². The Labute approximate surface area is 79.7 Å². The van der Waals surface area contributed by atoms with Crippen molar-refractivity contribution < 1.29 is 4.52 Å². The SMILES string of the molecule is CC[C@H](N)c1nc(-c2ncn[nH]2)no1. The van der Waals surface area contributed by atoms with E-state index in [0.29, 0.717) is 17.5 Å². The minimum absolute atomic E-state index is 0.223. The molecular weight excluding hydrogens is 184 g/mol. The Morgan fingerprint density at radius 2 is 2.50 bits per heavy atom. The highest BCUT2D eigenvalue weighted by atomic mass is 16.5. The molecule has 3 N–H and O–H groups in total. The van der Waals surface area contributed by atoms with Crippen molar-refractivity contribution in [3.63, 3.8) is 0 Å². The van der Waals surface area contributed by atoms with Crippen molar-refractivity contribution in [2.24, 2.45) is 5.73 Å². The molecular formula is C7H10N6O. The van der Waals surface area contributed by atoms with Gasteiger partial charge in [0.25, 0.3) is 0 Å². The van der Waals surface area contributed by atoms with E-state index in [9.17, 15) is 0 Å². The van der Waals surface area contributed by atoms with Gasteiger partial charge in [-0.05, 0) is 6.42 Å². The quantitative estimate of drug-likeness (QED) is 0.726. The third-order valence-corrected chi connectivity index (χ3v) is 1.83. The molecule has 0 aliphatic rings. The first-order valence-corrected chi connectivity index (χ1v) is 4.26. The van der Waals surface area contributed by atoms with Crippen LogP contribution >= 0.6 is 0 Å². The predicted molar refractivity (Wildman–Crippen MR) is 46.9 cm³/mol. The van der Waals surface area contributed by atoms with Crippen LogP contribution in [0.4, 0.5) is 0 Å². The maximum Gasteiger partial charge on any atom is 0.243 e. The summed E-state index contributed by atoms with van der Waals surface area (Å²) in [4.78, 5) is 7.98. The lowest BCUT2D eigenvalue weighted by molar-refractivity contribution is 0.352. The largest absolute Gasteiger partial charge is 0.337 e. The molecule has 1 atom stereocenters. The third kappa shape index (κ3) is 1.49. The number of rotatable bonds is 3. The number of nitrogens with zero attached hydrogens (tertiary/aromatic N) is 4. The molecule has 0 aromatic carbocycles. The van der Waals surface area contributed by atoms with E-state index in [4.69, 9.17) is 10.3 Å². The Morgan fingerprint density at radius 3 is 3.14 bits per heavy atom. The van der Waals surface area contributed by atoms with Crippen LogP contribution in [0, 0.1) is 0 Å². The minimum Gasteiger partial charge on any atom is -0.337 e. The second-order valence-electron chi connectivity index (χ2n) is 2.81. The lowest BCUT2D eigenvalue weighted by Gasteiger charge is -1.98. The van der Waals surface area contributed by atoms with Crippen molar-refractivity contribution in [1.29, 1.82) is 0 Å². The highest BCUT2D eigenvalue weighted by molar-refractivity contribution is 5.39. The number of hydrogen-bond donors (Lipinski definition) is 2. The summed E-state index contributed by atoms with van der Waals surface area (Å²) in [6.45, 7) is 1.95. The van der Waals surface area contributed by atoms with Gasteiger partial charge in [0.15, 0.2) is 5.82 Å². The maximum atomic E-state index is 5.72. The summed E-state index contributed by atoms with van der Waals surface area (Å²) >= 11 is 0. The second kappa shape index (κ2) is 3.54. The molecule has 14 heavy (non-hydrogen) atoms. The Hall–Kier alpha value is -1.76. The average molecular weight is 194 g/mol. The molecule has 7 heteroatoms. The number of hydrogen-bond acceptors (Lipinski definition) is 6. The van der Waals surface area contributed by atoms with Crippen molar-refractivity contribution >= 4 is 0 Å². The summed E-state index contributed by atoms with van der Waals surface area (Å²) in [6, 6.07) is -0.223. The number of H-pyrrole nitrogens is 1. The van der Waals surface area contributed by atoms with Crippen LogP contribution < -0.4 is 5.73 Å². The van der Waals surface area contributed by atoms with Gasteiger partial charge in [-0.15, -0.1) is 0 Å². The normalized spacial score (nSPS) is 13.0. The summed E-state index contributed by atoms with van der Waals surface area (Å²) in [5.41, 5.74) is 5.72. The molecule has 2 heterocycles. The summed E-state index contributed by atoms with van der Waals surface area (Å²) < 4.78 is 4.97. The average Bonchev–Trinajstić information content (AvgIpc) is 2.86. The molecule has 0 aliphatic heterocycles. The van der Waals surface area contributed by atoms with E-state index >= 15 is 0 Å². The first-order chi connectivity index (χ1) is 6.81. The van der Waals surface area contributed by atoms with Crippen LogP contribution in [0.3, 0.4) is 0 Å². The van der Waals surface area contributed by atoms with E-state index in [1.54, 1.807) is 0 Å². The molecule has 0 saturated heterocycles. The van der Waals surface area contributed by atoms with Crippen LogP contribution in [0.2, 0.25) is 0 Å². The Kier molecular flexibility index (Phi) is 2.23. The van der Waals surface area contributed by atoms with Crippen molar-refractivity contribution in [3.8, 4) is 11.6 Å². The topological polar surface area (TPSA) is 107 Å². The highest BCUT2D eigenvalue weighted by Crippen LogP contribution is 2.14. The van der Waals surface area contributed by atoms with Gasteiger partial charge in [-0.1, -0.05) is 12.1 Å². The van der Waals surface area contributed by atoms with E-state index in [1.807, 2.05) is 6.92 Å². The van der Waals surface area contributed by atoms with Crippen molar-refractivity contribution in [1.82, 2.24) is 25.3 Å². The lowest BCUT2D eigenvalue weighted by atomic mass is 10.2. The zero-order valence-electron chi connectivity index (χ0n) is 7.64. The minimum atomic E-state index is -0.223. The molecule has 0 bridgehead atoms. The Bertz CT molecular complexity index is 394. The van der Waals surface area contributed by atoms with Gasteiger partial charge in [0, 0.05) is 0 Å². The van der Waals surface area contributed by atoms with E-state index in [-0.39, 0.29) is 6.04 Å². The maximum absolute atomic E-state index is 5.72. The van der Waals surface area contributed by atoms with Gasteiger partial charge in [0.05, 0.1) is 6.04 Å². The van der Waals surface area contributed by atoms with Crippen LogP contribution in [0.15, 0.2) is 10.9 Å². The zero-order chi connectivity index (χ0) is 9.97. The zero-order valence-corrected chi connectivity index (χ0v) is 7.64. The lowest BCUT2D eigenvalue weighted by Crippen LogP contribution is -2.08. The van der Waals surface area contributed by atoms with Gasteiger partial charge in [0.1, 0.15) is 6.33 Å². The highest BCUT2D eigenvalue weighted by Gasteiger charge is 2.15. The summed E-state index contributed by atoms with van der Waals surface area (Å²) in [7, 11) is 0. The Balaban J connectivity index is 2.26. The van der Waals surface area contributed by atoms with Gasteiger partial charge in [0.2, 0.25) is 11.7 Å². The van der Waals surface area contributed by atoms with Crippen LogP contribution in [0.5, 0.6) is 0 Å². The predicted octanol–water partition coefficient (Wildman–Crippen LogP) is 0.264. The number of aromatic amines is 1. The van der Waals surface area contributed by atoms with E-state index in [2.05, 4.69) is 25.3 Å². The van der Waals surface area contributed by atoms with Gasteiger partial charge >= 0.3 is 0 Å². The fourth-order valence-corrected chi connectivity index (χ4v) is 0.970. The van der Waals surface area contributed by atoms with Crippen LogP contribution in [0.25, 0.3) is 11.6 Å². The van der Waals surface area contributed by atoms with Crippen LogP contribution in [-0.2, 0) is 0 Å². The molecule has 74 valence electrons. The number of nitrogens with two attached hydrogens (primary N) is 1. The van der Waals surface area contributed by atoms with Gasteiger partial charge in [-0.3, -0.25) is 5.10 Å². The fraction of sp³-hybridized carbons (Fsp3) is 0.429. The molecule has 7 nitrogen and oxygen atoms in total. The van der Waals surface area contributed by atoms with E-state index < -0.39 is 0 Å². The number of nitrogens with one attached hydrogen (secondary N) is 1. The molecule has 2 rings (SSSR count). The first-order valence-electron chi connectivity index (χ1n) is 4.26. The molecule has 2 aromatic rings. The molecule has 0 radical (unpaired) electrons. The van der Waals surface area contributed by atoms with Crippen molar-refractivity contribution in [3.05, 3.63) is 12.2 Å².